The second-order valence-corrected chi connectivity index (χ2v) is 7.19. The Morgan fingerprint density at radius 1 is 1.28 bits per heavy atom. The van der Waals surface area contributed by atoms with Crippen molar-refractivity contribution in [3.8, 4) is 0 Å². The molecule has 1 nitrogen and oxygen atoms in total. The standard InChI is InChI=1S/C17H27N/c1-13-7-6-10-17(18,12-13)15-9-5-8-14(11-15)16(2,3)4/h5,8-9,11,13H,6-7,10,12,18H2,1-4H3/t13-,17-/m0/s1. The van der Waals surface area contributed by atoms with Gasteiger partial charge in [0.05, 0.1) is 0 Å². The molecule has 0 unspecified atom stereocenters. The maximum atomic E-state index is 6.68. The van der Waals surface area contributed by atoms with Gasteiger partial charge >= 0.3 is 0 Å². The number of rotatable bonds is 1. The van der Waals surface area contributed by atoms with E-state index in [-0.39, 0.29) is 11.0 Å². The fraction of sp³-hybridized carbons (Fsp3) is 0.647. The van der Waals surface area contributed by atoms with Crippen molar-refractivity contribution in [2.75, 3.05) is 0 Å². The van der Waals surface area contributed by atoms with E-state index in [1.54, 1.807) is 0 Å². The van der Waals surface area contributed by atoms with Gasteiger partial charge < -0.3 is 5.73 Å². The zero-order chi connectivity index (χ0) is 13.4. The van der Waals surface area contributed by atoms with Gasteiger partial charge in [-0.25, -0.2) is 0 Å². The lowest BCUT2D eigenvalue weighted by atomic mass is 9.72. The highest BCUT2D eigenvalue weighted by atomic mass is 14.7. The Bertz CT molecular complexity index is 416. The maximum Gasteiger partial charge on any atom is 0.0412 e. The van der Waals surface area contributed by atoms with Crippen molar-refractivity contribution in [1.82, 2.24) is 0 Å². The number of nitrogens with two attached hydrogens (primary N) is 1. The quantitative estimate of drug-likeness (QED) is 0.782. The maximum absolute atomic E-state index is 6.68. The molecule has 0 spiro atoms. The van der Waals surface area contributed by atoms with E-state index >= 15 is 0 Å². The van der Waals surface area contributed by atoms with Crippen LogP contribution in [0.25, 0.3) is 0 Å². The summed E-state index contributed by atoms with van der Waals surface area (Å²) >= 11 is 0. The molecule has 0 saturated heterocycles. The second-order valence-electron chi connectivity index (χ2n) is 7.19. The third kappa shape index (κ3) is 2.77. The van der Waals surface area contributed by atoms with Crippen LogP contribution in [-0.4, -0.2) is 0 Å². The van der Waals surface area contributed by atoms with E-state index in [1.807, 2.05) is 0 Å². The van der Waals surface area contributed by atoms with E-state index in [1.165, 1.54) is 24.0 Å². The SMILES string of the molecule is C[C@H]1CCC[C@@](N)(c2cccc(C(C)(C)C)c2)C1. The van der Waals surface area contributed by atoms with Crippen molar-refractivity contribution in [2.45, 2.75) is 64.3 Å². The molecule has 1 fully saturated rings. The lowest BCUT2D eigenvalue weighted by Crippen LogP contribution is -2.41. The van der Waals surface area contributed by atoms with E-state index in [0.717, 1.165) is 18.8 Å². The Hall–Kier alpha value is -0.820. The summed E-state index contributed by atoms with van der Waals surface area (Å²) in [5, 5.41) is 0. The molecule has 0 radical (unpaired) electrons. The van der Waals surface area contributed by atoms with Crippen LogP contribution in [0.1, 0.15) is 64.5 Å². The van der Waals surface area contributed by atoms with Crippen molar-refractivity contribution in [2.24, 2.45) is 11.7 Å². The summed E-state index contributed by atoms with van der Waals surface area (Å²) in [5.41, 5.74) is 9.51. The van der Waals surface area contributed by atoms with Gasteiger partial charge in [0, 0.05) is 5.54 Å². The third-order valence-corrected chi connectivity index (χ3v) is 4.34. The Kier molecular flexibility index (Phi) is 3.55. The van der Waals surface area contributed by atoms with Gasteiger partial charge in [-0.2, -0.15) is 0 Å². The Balaban J connectivity index is 2.33. The fourth-order valence-corrected chi connectivity index (χ4v) is 3.15. The van der Waals surface area contributed by atoms with E-state index in [9.17, 15) is 0 Å². The summed E-state index contributed by atoms with van der Waals surface area (Å²) in [5.74, 6) is 0.752. The molecule has 1 aliphatic rings. The first-order chi connectivity index (χ1) is 8.31. The van der Waals surface area contributed by atoms with Crippen molar-refractivity contribution >= 4 is 0 Å². The summed E-state index contributed by atoms with van der Waals surface area (Å²) in [7, 11) is 0. The van der Waals surface area contributed by atoms with Crippen molar-refractivity contribution in [3.63, 3.8) is 0 Å². The molecule has 1 saturated carbocycles. The predicted octanol–water partition coefficient (Wildman–Crippen LogP) is 4.35. The molecule has 0 bridgehead atoms. The average Bonchev–Trinajstić information content (AvgIpc) is 2.28. The average molecular weight is 245 g/mol. The van der Waals surface area contributed by atoms with Crippen LogP contribution in [0.4, 0.5) is 0 Å². The molecule has 2 N–H and O–H groups in total. The van der Waals surface area contributed by atoms with E-state index in [2.05, 4.69) is 52.0 Å². The van der Waals surface area contributed by atoms with Gasteiger partial charge in [0.1, 0.15) is 0 Å². The molecule has 1 aromatic carbocycles. The minimum atomic E-state index is -0.0983. The van der Waals surface area contributed by atoms with Crippen LogP contribution in [0.3, 0.4) is 0 Å². The van der Waals surface area contributed by atoms with Crippen LogP contribution in [0, 0.1) is 5.92 Å². The summed E-state index contributed by atoms with van der Waals surface area (Å²) in [6.45, 7) is 9.12. The van der Waals surface area contributed by atoms with E-state index in [4.69, 9.17) is 5.73 Å². The van der Waals surface area contributed by atoms with Crippen LogP contribution in [0.2, 0.25) is 0 Å². The molecule has 1 aliphatic carbocycles. The summed E-state index contributed by atoms with van der Waals surface area (Å²) in [6, 6.07) is 8.94. The van der Waals surface area contributed by atoms with Gasteiger partial charge in [0.2, 0.25) is 0 Å². The zero-order valence-corrected chi connectivity index (χ0v) is 12.3. The topological polar surface area (TPSA) is 26.0 Å². The highest BCUT2D eigenvalue weighted by molar-refractivity contribution is 5.33. The van der Waals surface area contributed by atoms with E-state index in [0.29, 0.717) is 0 Å². The molecule has 2 atom stereocenters. The molecule has 1 aromatic rings. The molecule has 1 heteroatoms. The molecule has 0 heterocycles. The van der Waals surface area contributed by atoms with Crippen molar-refractivity contribution in [3.05, 3.63) is 35.4 Å². The molecule has 0 aromatic heterocycles. The predicted molar refractivity (Wildman–Crippen MR) is 78.6 cm³/mol. The monoisotopic (exact) mass is 245 g/mol. The Morgan fingerprint density at radius 3 is 2.61 bits per heavy atom. The lowest BCUT2D eigenvalue weighted by molar-refractivity contribution is 0.239. The Morgan fingerprint density at radius 2 is 2.00 bits per heavy atom. The molecule has 18 heavy (non-hydrogen) atoms. The van der Waals surface area contributed by atoms with Crippen LogP contribution in [0.5, 0.6) is 0 Å². The minimum Gasteiger partial charge on any atom is -0.321 e. The number of hydrogen-bond donors (Lipinski definition) is 1. The normalized spacial score (nSPS) is 29.3. The Labute approximate surface area is 112 Å². The summed E-state index contributed by atoms with van der Waals surface area (Å²) in [4.78, 5) is 0. The molecule has 2 rings (SSSR count). The first kappa shape index (κ1) is 13.6. The second kappa shape index (κ2) is 4.70. The van der Waals surface area contributed by atoms with Crippen LogP contribution < -0.4 is 5.73 Å². The third-order valence-electron chi connectivity index (χ3n) is 4.34. The first-order valence-electron chi connectivity index (χ1n) is 7.21. The first-order valence-corrected chi connectivity index (χ1v) is 7.21. The molecular weight excluding hydrogens is 218 g/mol. The van der Waals surface area contributed by atoms with Gasteiger partial charge in [-0.05, 0) is 35.3 Å². The molecule has 0 amide bonds. The van der Waals surface area contributed by atoms with Crippen LogP contribution >= 0.6 is 0 Å². The van der Waals surface area contributed by atoms with Gasteiger partial charge in [-0.3, -0.25) is 0 Å². The van der Waals surface area contributed by atoms with E-state index < -0.39 is 0 Å². The van der Waals surface area contributed by atoms with Crippen molar-refractivity contribution in [1.29, 1.82) is 0 Å². The van der Waals surface area contributed by atoms with Gasteiger partial charge in [-0.1, -0.05) is 64.8 Å². The minimum absolute atomic E-state index is 0.0983. The summed E-state index contributed by atoms with van der Waals surface area (Å²) < 4.78 is 0. The largest absolute Gasteiger partial charge is 0.321 e. The number of benzene rings is 1. The van der Waals surface area contributed by atoms with Gasteiger partial charge in [0.25, 0.3) is 0 Å². The smallest absolute Gasteiger partial charge is 0.0412 e. The van der Waals surface area contributed by atoms with Crippen LogP contribution in [-0.2, 0) is 11.0 Å². The lowest BCUT2D eigenvalue weighted by Gasteiger charge is -2.38. The molecule has 100 valence electrons. The highest BCUT2D eigenvalue weighted by Gasteiger charge is 2.33. The zero-order valence-electron chi connectivity index (χ0n) is 12.3. The fourth-order valence-electron chi connectivity index (χ4n) is 3.15. The highest BCUT2D eigenvalue weighted by Crippen LogP contribution is 2.38. The van der Waals surface area contributed by atoms with Crippen molar-refractivity contribution < 1.29 is 0 Å². The molecule has 0 aliphatic heterocycles. The summed E-state index contributed by atoms with van der Waals surface area (Å²) in [6.07, 6.45) is 4.85. The molecular formula is C17H27N. The van der Waals surface area contributed by atoms with Crippen LogP contribution in [0.15, 0.2) is 24.3 Å². The number of hydrogen-bond acceptors (Lipinski definition) is 1. The van der Waals surface area contributed by atoms with Gasteiger partial charge in [0.15, 0.2) is 0 Å². The van der Waals surface area contributed by atoms with Gasteiger partial charge in [-0.15, -0.1) is 0 Å².